The van der Waals surface area contributed by atoms with Gasteiger partial charge in [0.2, 0.25) is 0 Å². The first-order chi connectivity index (χ1) is 8.38. The Morgan fingerprint density at radius 1 is 1.12 bits per heavy atom. The standard InChI is InChI=1S/C15H16N2/c16-10-12-6-8-15-13(12)7-9-14(17-15)11-4-2-1-3-5-11/h1-5,7,9,12H,6,8,10,16H2. The van der Waals surface area contributed by atoms with Crippen LogP contribution in [0, 0.1) is 0 Å². The molecule has 1 atom stereocenters. The van der Waals surface area contributed by atoms with Crippen LogP contribution >= 0.6 is 0 Å². The van der Waals surface area contributed by atoms with Gasteiger partial charge in [0, 0.05) is 11.3 Å². The Balaban J connectivity index is 2.01. The molecule has 1 aromatic carbocycles. The first kappa shape index (κ1) is 10.5. The van der Waals surface area contributed by atoms with Crippen molar-refractivity contribution >= 4 is 0 Å². The third-order valence-corrected chi connectivity index (χ3v) is 3.53. The van der Waals surface area contributed by atoms with E-state index in [1.807, 2.05) is 18.2 Å². The van der Waals surface area contributed by atoms with Crippen molar-refractivity contribution < 1.29 is 0 Å². The van der Waals surface area contributed by atoms with Gasteiger partial charge < -0.3 is 5.73 Å². The summed E-state index contributed by atoms with van der Waals surface area (Å²) in [6, 6.07) is 14.6. The second kappa shape index (κ2) is 4.30. The minimum absolute atomic E-state index is 0.516. The third-order valence-electron chi connectivity index (χ3n) is 3.53. The highest BCUT2D eigenvalue weighted by molar-refractivity contribution is 5.59. The van der Waals surface area contributed by atoms with Crippen LogP contribution in [0.1, 0.15) is 23.6 Å². The Bertz CT molecular complexity index is 520. The zero-order valence-corrected chi connectivity index (χ0v) is 9.76. The summed E-state index contributed by atoms with van der Waals surface area (Å²) in [4.78, 5) is 4.77. The van der Waals surface area contributed by atoms with Gasteiger partial charge in [0.15, 0.2) is 0 Å². The van der Waals surface area contributed by atoms with E-state index in [-0.39, 0.29) is 0 Å². The maximum atomic E-state index is 5.77. The molecular formula is C15H16N2. The molecule has 86 valence electrons. The molecule has 1 aliphatic rings. The summed E-state index contributed by atoms with van der Waals surface area (Å²) < 4.78 is 0. The van der Waals surface area contributed by atoms with E-state index in [0.717, 1.165) is 25.1 Å². The fourth-order valence-electron chi connectivity index (χ4n) is 2.57. The van der Waals surface area contributed by atoms with Crippen LogP contribution in [-0.4, -0.2) is 11.5 Å². The Morgan fingerprint density at radius 2 is 1.94 bits per heavy atom. The lowest BCUT2D eigenvalue weighted by Gasteiger charge is -2.08. The van der Waals surface area contributed by atoms with Crippen molar-refractivity contribution in [2.45, 2.75) is 18.8 Å². The maximum Gasteiger partial charge on any atom is 0.0705 e. The number of hydrogen-bond acceptors (Lipinski definition) is 2. The molecular weight excluding hydrogens is 208 g/mol. The number of fused-ring (bicyclic) bond motifs is 1. The molecule has 0 saturated carbocycles. The Labute approximate surface area is 102 Å². The monoisotopic (exact) mass is 224 g/mol. The van der Waals surface area contributed by atoms with Crippen molar-refractivity contribution in [1.82, 2.24) is 4.98 Å². The van der Waals surface area contributed by atoms with Crippen molar-refractivity contribution in [2.75, 3.05) is 6.54 Å². The van der Waals surface area contributed by atoms with E-state index in [2.05, 4.69) is 24.3 Å². The quantitative estimate of drug-likeness (QED) is 0.851. The average molecular weight is 224 g/mol. The van der Waals surface area contributed by atoms with Crippen LogP contribution in [0.2, 0.25) is 0 Å². The molecule has 2 nitrogen and oxygen atoms in total. The summed E-state index contributed by atoms with van der Waals surface area (Å²) in [6.07, 6.45) is 2.22. The normalized spacial score (nSPS) is 18.1. The molecule has 3 rings (SSSR count). The lowest BCUT2D eigenvalue weighted by molar-refractivity contribution is 0.688. The van der Waals surface area contributed by atoms with Crippen LogP contribution < -0.4 is 5.73 Å². The van der Waals surface area contributed by atoms with Crippen molar-refractivity contribution in [3.05, 3.63) is 53.7 Å². The number of aromatic nitrogens is 1. The fourth-order valence-corrected chi connectivity index (χ4v) is 2.57. The highest BCUT2D eigenvalue weighted by Crippen LogP contribution is 2.32. The molecule has 0 amide bonds. The van der Waals surface area contributed by atoms with Crippen molar-refractivity contribution in [1.29, 1.82) is 0 Å². The van der Waals surface area contributed by atoms with Gasteiger partial charge in [-0.25, -0.2) is 0 Å². The van der Waals surface area contributed by atoms with E-state index in [9.17, 15) is 0 Å². The Kier molecular flexibility index (Phi) is 2.65. The van der Waals surface area contributed by atoms with Gasteiger partial charge in [0.1, 0.15) is 0 Å². The van der Waals surface area contributed by atoms with Gasteiger partial charge >= 0.3 is 0 Å². The van der Waals surface area contributed by atoms with Gasteiger partial charge in [-0.3, -0.25) is 4.98 Å². The van der Waals surface area contributed by atoms with Crippen LogP contribution in [-0.2, 0) is 6.42 Å². The van der Waals surface area contributed by atoms with E-state index in [1.54, 1.807) is 0 Å². The fraction of sp³-hybridized carbons (Fsp3) is 0.267. The summed E-state index contributed by atoms with van der Waals surface area (Å²) >= 11 is 0. The van der Waals surface area contributed by atoms with E-state index in [1.165, 1.54) is 16.8 Å². The molecule has 0 fully saturated rings. The molecule has 2 N–H and O–H groups in total. The van der Waals surface area contributed by atoms with Crippen molar-refractivity contribution in [2.24, 2.45) is 5.73 Å². The summed E-state index contributed by atoms with van der Waals surface area (Å²) in [5, 5.41) is 0. The molecule has 1 unspecified atom stereocenters. The second-order valence-electron chi connectivity index (χ2n) is 4.57. The summed E-state index contributed by atoms with van der Waals surface area (Å²) in [6.45, 7) is 0.735. The molecule has 1 aliphatic carbocycles. The second-order valence-corrected chi connectivity index (χ2v) is 4.57. The zero-order chi connectivity index (χ0) is 11.7. The van der Waals surface area contributed by atoms with Gasteiger partial charge in [-0.2, -0.15) is 0 Å². The average Bonchev–Trinajstić information content (AvgIpc) is 2.81. The molecule has 1 aromatic heterocycles. The molecule has 17 heavy (non-hydrogen) atoms. The predicted octanol–water partition coefficient (Wildman–Crippen LogP) is 2.74. The van der Waals surface area contributed by atoms with Crippen LogP contribution in [0.5, 0.6) is 0 Å². The zero-order valence-electron chi connectivity index (χ0n) is 9.76. The Hall–Kier alpha value is -1.67. The van der Waals surface area contributed by atoms with Crippen LogP contribution in [0.15, 0.2) is 42.5 Å². The molecule has 0 spiro atoms. The molecule has 2 heteroatoms. The topological polar surface area (TPSA) is 38.9 Å². The van der Waals surface area contributed by atoms with Crippen LogP contribution in [0.25, 0.3) is 11.3 Å². The first-order valence-corrected chi connectivity index (χ1v) is 6.14. The molecule has 0 aliphatic heterocycles. The highest BCUT2D eigenvalue weighted by atomic mass is 14.7. The van der Waals surface area contributed by atoms with Gasteiger partial charge in [0.25, 0.3) is 0 Å². The SMILES string of the molecule is NCC1CCc2nc(-c3ccccc3)ccc21. The summed E-state index contributed by atoms with van der Waals surface area (Å²) in [5.41, 5.74) is 10.6. The molecule has 2 aromatic rings. The lowest BCUT2D eigenvalue weighted by atomic mass is 10.0. The van der Waals surface area contributed by atoms with Gasteiger partial charge in [-0.05, 0) is 36.9 Å². The largest absolute Gasteiger partial charge is 0.330 e. The van der Waals surface area contributed by atoms with E-state index < -0.39 is 0 Å². The van der Waals surface area contributed by atoms with Gasteiger partial charge in [-0.1, -0.05) is 36.4 Å². The smallest absolute Gasteiger partial charge is 0.0705 e. The third kappa shape index (κ3) is 1.85. The molecule has 0 radical (unpaired) electrons. The Morgan fingerprint density at radius 3 is 2.71 bits per heavy atom. The number of hydrogen-bond donors (Lipinski definition) is 1. The summed E-state index contributed by atoms with van der Waals surface area (Å²) in [7, 11) is 0. The predicted molar refractivity (Wildman–Crippen MR) is 69.8 cm³/mol. The van der Waals surface area contributed by atoms with Crippen molar-refractivity contribution in [3.8, 4) is 11.3 Å². The van der Waals surface area contributed by atoms with Crippen molar-refractivity contribution in [3.63, 3.8) is 0 Å². The number of nitrogens with two attached hydrogens (primary N) is 1. The number of pyridine rings is 1. The van der Waals surface area contributed by atoms with Crippen LogP contribution in [0.4, 0.5) is 0 Å². The van der Waals surface area contributed by atoms with E-state index in [0.29, 0.717) is 5.92 Å². The van der Waals surface area contributed by atoms with Gasteiger partial charge in [-0.15, -0.1) is 0 Å². The van der Waals surface area contributed by atoms with E-state index >= 15 is 0 Å². The number of rotatable bonds is 2. The van der Waals surface area contributed by atoms with Gasteiger partial charge in [0.05, 0.1) is 5.69 Å². The maximum absolute atomic E-state index is 5.77. The van der Waals surface area contributed by atoms with E-state index in [4.69, 9.17) is 10.7 Å². The lowest BCUT2D eigenvalue weighted by Crippen LogP contribution is -2.09. The number of benzene rings is 1. The molecule has 0 saturated heterocycles. The minimum Gasteiger partial charge on any atom is -0.330 e. The number of nitrogens with zero attached hydrogens (tertiary/aromatic N) is 1. The highest BCUT2D eigenvalue weighted by Gasteiger charge is 2.22. The number of aryl methyl sites for hydroxylation is 1. The minimum atomic E-state index is 0.516. The summed E-state index contributed by atoms with van der Waals surface area (Å²) in [5.74, 6) is 0.516. The first-order valence-electron chi connectivity index (χ1n) is 6.14. The molecule has 0 bridgehead atoms. The molecule has 1 heterocycles. The van der Waals surface area contributed by atoms with Crippen LogP contribution in [0.3, 0.4) is 0 Å².